The van der Waals surface area contributed by atoms with Crippen molar-refractivity contribution in [3.8, 4) is 0 Å². The van der Waals surface area contributed by atoms with Crippen LogP contribution in [-0.2, 0) is 4.79 Å². The second-order valence-electron chi connectivity index (χ2n) is 6.82. The Kier molecular flexibility index (Phi) is 6.77. The highest BCUT2D eigenvalue weighted by Gasteiger charge is 2.23. The zero-order chi connectivity index (χ0) is 18.4. The summed E-state index contributed by atoms with van der Waals surface area (Å²) in [6.45, 7) is 2.04. The molecule has 0 aromatic heterocycles. The molecule has 1 saturated heterocycles. The third-order valence-electron chi connectivity index (χ3n) is 4.88. The molecule has 0 spiro atoms. The van der Waals surface area contributed by atoms with E-state index in [9.17, 15) is 14.0 Å². The van der Waals surface area contributed by atoms with Crippen molar-refractivity contribution in [1.82, 2.24) is 15.5 Å². The van der Waals surface area contributed by atoms with Gasteiger partial charge < -0.3 is 15.5 Å². The quantitative estimate of drug-likeness (QED) is 0.771. The number of halogens is 1. The molecule has 1 aromatic carbocycles. The smallest absolute Gasteiger partial charge is 0.315 e. The highest BCUT2D eigenvalue weighted by molar-refractivity contribution is 7.99. The molecule has 3 amide bonds. The molecular formula is C19H26FN3O2S. The Balaban J connectivity index is 1.42. The fraction of sp³-hybridized carbons (Fsp3) is 0.579. The van der Waals surface area contributed by atoms with E-state index in [0.717, 1.165) is 54.9 Å². The molecule has 2 aliphatic rings. The Bertz CT molecular complexity index is 656. The molecule has 2 aliphatic heterocycles. The molecule has 1 fully saturated rings. The highest BCUT2D eigenvalue weighted by atomic mass is 32.2. The maximum Gasteiger partial charge on any atom is 0.315 e. The molecule has 2 heterocycles. The maximum absolute atomic E-state index is 13.5. The summed E-state index contributed by atoms with van der Waals surface area (Å²) in [6.07, 6.45) is 5.34. The Morgan fingerprint density at radius 2 is 2.19 bits per heavy atom. The van der Waals surface area contributed by atoms with Gasteiger partial charge in [0.2, 0.25) is 5.91 Å². The number of carbonyl (C=O) groups excluding carboxylic acids is 2. The van der Waals surface area contributed by atoms with Gasteiger partial charge in [-0.2, -0.15) is 0 Å². The molecule has 0 bridgehead atoms. The van der Waals surface area contributed by atoms with Crippen molar-refractivity contribution in [2.24, 2.45) is 0 Å². The lowest BCUT2D eigenvalue weighted by Crippen LogP contribution is -2.40. The monoisotopic (exact) mass is 379 g/mol. The fourth-order valence-electron chi connectivity index (χ4n) is 3.47. The molecule has 142 valence electrons. The van der Waals surface area contributed by atoms with Crippen LogP contribution in [0, 0.1) is 5.82 Å². The number of fused-ring (bicyclic) bond motifs is 1. The minimum absolute atomic E-state index is 0.158. The Hall–Kier alpha value is -1.76. The van der Waals surface area contributed by atoms with Gasteiger partial charge in [-0.3, -0.25) is 4.79 Å². The molecule has 1 aromatic rings. The van der Waals surface area contributed by atoms with Crippen molar-refractivity contribution >= 4 is 23.7 Å². The molecule has 3 rings (SSSR count). The fourth-order valence-corrected chi connectivity index (χ4v) is 4.58. The number of likely N-dealkylation sites (tertiary alicyclic amines) is 1. The van der Waals surface area contributed by atoms with Crippen LogP contribution in [0.1, 0.15) is 50.1 Å². The number of hydrogen-bond acceptors (Lipinski definition) is 3. The molecule has 0 radical (unpaired) electrons. The summed E-state index contributed by atoms with van der Waals surface area (Å²) >= 11 is 1.69. The molecule has 0 unspecified atom stereocenters. The van der Waals surface area contributed by atoms with Gasteiger partial charge in [0.15, 0.2) is 0 Å². The number of nitrogens with one attached hydrogen (secondary N) is 2. The van der Waals surface area contributed by atoms with E-state index in [2.05, 4.69) is 10.6 Å². The van der Waals surface area contributed by atoms with Gasteiger partial charge >= 0.3 is 6.03 Å². The molecular weight excluding hydrogens is 353 g/mol. The number of thioether (sulfide) groups is 1. The van der Waals surface area contributed by atoms with E-state index in [0.29, 0.717) is 19.5 Å². The zero-order valence-corrected chi connectivity index (χ0v) is 15.7. The summed E-state index contributed by atoms with van der Waals surface area (Å²) in [5, 5.41) is 5.81. The second kappa shape index (κ2) is 9.26. The van der Waals surface area contributed by atoms with Crippen molar-refractivity contribution in [2.45, 2.75) is 49.5 Å². The first-order valence-corrected chi connectivity index (χ1v) is 10.4. The Labute approximate surface area is 158 Å². The van der Waals surface area contributed by atoms with Gasteiger partial charge in [0.05, 0.1) is 6.04 Å². The predicted molar refractivity (Wildman–Crippen MR) is 101 cm³/mol. The third-order valence-corrected chi connectivity index (χ3v) is 6.00. The minimum atomic E-state index is -0.277. The average molecular weight is 380 g/mol. The normalized spacial score (nSPS) is 20.3. The lowest BCUT2D eigenvalue weighted by Gasteiger charge is -2.26. The minimum Gasteiger partial charge on any atom is -0.343 e. The summed E-state index contributed by atoms with van der Waals surface area (Å²) in [4.78, 5) is 27.1. The lowest BCUT2D eigenvalue weighted by atomic mass is 10.0. The number of carbonyl (C=O) groups is 2. The summed E-state index contributed by atoms with van der Waals surface area (Å²) in [7, 11) is 0. The van der Waals surface area contributed by atoms with Crippen LogP contribution in [0.25, 0.3) is 0 Å². The predicted octanol–water partition coefficient (Wildman–Crippen LogP) is 3.45. The number of rotatable bonds is 5. The van der Waals surface area contributed by atoms with Gasteiger partial charge in [0.25, 0.3) is 0 Å². The standard InChI is InChI=1S/C19H26FN3O2S/c20-14-6-7-17-15(13-14)16(8-12-26-17)22-19(25)21-9-4-11-23-10-3-1-2-5-18(23)24/h6-7,13,16H,1-5,8-12H2,(H2,21,22,25)/t16-/m1/s1. The van der Waals surface area contributed by atoms with Crippen LogP contribution < -0.4 is 10.6 Å². The summed E-state index contributed by atoms with van der Waals surface area (Å²) in [5.41, 5.74) is 0.853. The summed E-state index contributed by atoms with van der Waals surface area (Å²) < 4.78 is 13.5. The molecule has 2 N–H and O–H groups in total. The Morgan fingerprint density at radius 3 is 3.08 bits per heavy atom. The number of amides is 3. The van der Waals surface area contributed by atoms with Crippen molar-refractivity contribution < 1.29 is 14.0 Å². The van der Waals surface area contributed by atoms with Crippen molar-refractivity contribution in [2.75, 3.05) is 25.4 Å². The van der Waals surface area contributed by atoms with Crippen LogP contribution in [0.2, 0.25) is 0 Å². The first-order chi connectivity index (χ1) is 12.6. The molecule has 0 saturated carbocycles. The van der Waals surface area contributed by atoms with E-state index in [1.807, 2.05) is 4.90 Å². The van der Waals surface area contributed by atoms with E-state index in [1.165, 1.54) is 12.1 Å². The van der Waals surface area contributed by atoms with Gasteiger partial charge in [-0.1, -0.05) is 6.42 Å². The third kappa shape index (κ3) is 5.13. The van der Waals surface area contributed by atoms with Gasteiger partial charge in [-0.25, -0.2) is 9.18 Å². The van der Waals surface area contributed by atoms with Gasteiger partial charge in [-0.15, -0.1) is 11.8 Å². The average Bonchev–Trinajstić information content (AvgIpc) is 2.83. The number of hydrogen-bond donors (Lipinski definition) is 2. The van der Waals surface area contributed by atoms with Crippen molar-refractivity contribution in [3.05, 3.63) is 29.6 Å². The molecule has 7 heteroatoms. The van der Waals surface area contributed by atoms with Crippen LogP contribution in [-0.4, -0.2) is 42.2 Å². The largest absolute Gasteiger partial charge is 0.343 e. The van der Waals surface area contributed by atoms with E-state index in [4.69, 9.17) is 0 Å². The Morgan fingerprint density at radius 1 is 1.31 bits per heavy atom. The van der Waals surface area contributed by atoms with Crippen molar-refractivity contribution in [1.29, 1.82) is 0 Å². The number of nitrogens with zero attached hydrogens (tertiary/aromatic N) is 1. The highest BCUT2D eigenvalue weighted by Crippen LogP contribution is 2.36. The van der Waals surface area contributed by atoms with E-state index < -0.39 is 0 Å². The molecule has 1 atom stereocenters. The second-order valence-corrected chi connectivity index (χ2v) is 7.95. The first-order valence-electron chi connectivity index (χ1n) is 9.38. The molecule has 0 aliphatic carbocycles. The lowest BCUT2D eigenvalue weighted by molar-refractivity contribution is -0.130. The van der Waals surface area contributed by atoms with Crippen LogP contribution >= 0.6 is 11.8 Å². The van der Waals surface area contributed by atoms with Crippen LogP contribution in [0.5, 0.6) is 0 Å². The SMILES string of the molecule is O=C(NCCCN1CCCCCC1=O)N[C@@H]1CCSc2ccc(F)cc21. The van der Waals surface area contributed by atoms with Crippen molar-refractivity contribution in [3.63, 3.8) is 0 Å². The van der Waals surface area contributed by atoms with Gasteiger partial charge in [0.1, 0.15) is 5.82 Å². The van der Waals surface area contributed by atoms with E-state index in [1.54, 1.807) is 17.8 Å². The summed E-state index contributed by atoms with van der Waals surface area (Å²) in [6, 6.07) is 4.35. The number of urea groups is 1. The topological polar surface area (TPSA) is 61.4 Å². The van der Waals surface area contributed by atoms with Crippen LogP contribution in [0.4, 0.5) is 9.18 Å². The van der Waals surface area contributed by atoms with E-state index >= 15 is 0 Å². The van der Waals surface area contributed by atoms with E-state index in [-0.39, 0.29) is 23.8 Å². The van der Waals surface area contributed by atoms with Crippen LogP contribution in [0.3, 0.4) is 0 Å². The number of benzene rings is 1. The zero-order valence-electron chi connectivity index (χ0n) is 14.9. The van der Waals surface area contributed by atoms with Gasteiger partial charge in [-0.05, 0) is 49.4 Å². The maximum atomic E-state index is 13.5. The molecule has 5 nitrogen and oxygen atoms in total. The first kappa shape index (κ1) is 19.0. The van der Waals surface area contributed by atoms with Crippen LogP contribution in [0.15, 0.2) is 23.1 Å². The molecule has 26 heavy (non-hydrogen) atoms. The van der Waals surface area contributed by atoms with Gasteiger partial charge in [0, 0.05) is 36.7 Å². The summed E-state index contributed by atoms with van der Waals surface area (Å²) in [5.74, 6) is 0.853.